The van der Waals surface area contributed by atoms with Crippen molar-refractivity contribution in [2.75, 3.05) is 6.61 Å². The summed E-state index contributed by atoms with van der Waals surface area (Å²) < 4.78 is 4.84. The van der Waals surface area contributed by atoms with Crippen LogP contribution in [-0.4, -0.2) is 24.1 Å². The van der Waals surface area contributed by atoms with Gasteiger partial charge in [0.15, 0.2) is 17.5 Å². The minimum Gasteiger partial charge on any atom is -0.465 e. The summed E-state index contributed by atoms with van der Waals surface area (Å²) in [7, 11) is 0. The zero-order valence-corrected chi connectivity index (χ0v) is 12.0. The number of ketones is 2. The Bertz CT molecular complexity index is 698. The van der Waals surface area contributed by atoms with Crippen LogP contribution in [0, 0.1) is 5.92 Å². The first-order valence-electron chi connectivity index (χ1n) is 6.75. The number of hydrogen-bond donors (Lipinski definition) is 0. The van der Waals surface area contributed by atoms with Crippen molar-refractivity contribution in [3.05, 3.63) is 48.0 Å². The highest BCUT2D eigenvalue weighted by Crippen LogP contribution is 2.22. The molecule has 0 radical (unpaired) electrons. The lowest BCUT2D eigenvalue weighted by molar-refractivity contribution is -0.148. The van der Waals surface area contributed by atoms with Crippen LogP contribution >= 0.6 is 0 Å². The van der Waals surface area contributed by atoms with E-state index >= 15 is 0 Å². The van der Waals surface area contributed by atoms with Crippen LogP contribution in [0.3, 0.4) is 0 Å². The van der Waals surface area contributed by atoms with Crippen LogP contribution in [-0.2, 0) is 14.3 Å². The fourth-order valence-electron chi connectivity index (χ4n) is 2.28. The van der Waals surface area contributed by atoms with Gasteiger partial charge in [0.25, 0.3) is 0 Å². The predicted octanol–water partition coefficient (Wildman–Crippen LogP) is 2.79. The fourth-order valence-corrected chi connectivity index (χ4v) is 2.28. The molecule has 0 fully saturated rings. The van der Waals surface area contributed by atoms with E-state index in [0.717, 1.165) is 10.8 Å². The van der Waals surface area contributed by atoms with Gasteiger partial charge < -0.3 is 4.74 Å². The molecule has 0 spiro atoms. The second-order valence-corrected chi connectivity index (χ2v) is 4.69. The first-order chi connectivity index (χ1) is 10.1. The molecule has 2 aromatic carbocycles. The Morgan fingerprint density at radius 3 is 2.38 bits per heavy atom. The van der Waals surface area contributed by atoms with Crippen molar-refractivity contribution in [3.8, 4) is 0 Å². The smallest absolute Gasteiger partial charge is 0.324 e. The Hall–Kier alpha value is -2.49. The predicted molar refractivity (Wildman–Crippen MR) is 79.1 cm³/mol. The van der Waals surface area contributed by atoms with Gasteiger partial charge in [-0.15, -0.1) is 0 Å². The minimum absolute atomic E-state index is 0.130. The van der Waals surface area contributed by atoms with Crippen molar-refractivity contribution in [1.82, 2.24) is 0 Å². The summed E-state index contributed by atoms with van der Waals surface area (Å²) in [5.41, 5.74) is 0.362. The lowest BCUT2D eigenvalue weighted by Crippen LogP contribution is -2.32. The van der Waals surface area contributed by atoms with Gasteiger partial charge in [0, 0.05) is 5.56 Å². The number of rotatable bonds is 5. The van der Waals surface area contributed by atoms with Crippen LogP contribution in [0.5, 0.6) is 0 Å². The fraction of sp³-hybridized carbons (Fsp3) is 0.235. The number of Topliss-reactive ketones (excluding diaryl/α,β-unsaturated/α-hetero) is 2. The molecule has 0 heterocycles. The van der Waals surface area contributed by atoms with E-state index in [1.54, 1.807) is 25.1 Å². The number of benzene rings is 2. The summed E-state index contributed by atoms with van der Waals surface area (Å²) in [4.78, 5) is 36.2. The largest absolute Gasteiger partial charge is 0.465 e. The van der Waals surface area contributed by atoms with Crippen LogP contribution in [0.25, 0.3) is 10.8 Å². The molecule has 0 bridgehead atoms. The van der Waals surface area contributed by atoms with E-state index in [-0.39, 0.29) is 6.61 Å². The van der Waals surface area contributed by atoms with E-state index < -0.39 is 23.5 Å². The molecule has 4 nitrogen and oxygen atoms in total. The summed E-state index contributed by atoms with van der Waals surface area (Å²) >= 11 is 0. The van der Waals surface area contributed by atoms with Crippen LogP contribution in [0.2, 0.25) is 0 Å². The summed E-state index contributed by atoms with van der Waals surface area (Å²) in [6.45, 7) is 2.99. The normalized spacial score (nSPS) is 11.9. The van der Waals surface area contributed by atoms with E-state index in [9.17, 15) is 14.4 Å². The van der Waals surface area contributed by atoms with Crippen molar-refractivity contribution in [3.63, 3.8) is 0 Å². The monoisotopic (exact) mass is 284 g/mol. The molecule has 0 saturated carbocycles. The molecule has 0 aliphatic rings. The Morgan fingerprint density at radius 1 is 1.05 bits per heavy atom. The van der Waals surface area contributed by atoms with Crippen molar-refractivity contribution < 1.29 is 19.1 Å². The Morgan fingerprint density at radius 2 is 1.71 bits per heavy atom. The molecule has 108 valence electrons. The molecule has 2 rings (SSSR count). The summed E-state index contributed by atoms with van der Waals surface area (Å²) in [5, 5.41) is 1.61. The molecule has 4 heteroatoms. The van der Waals surface area contributed by atoms with Gasteiger partial charge in [-0.1, -0.05) is 42.5 Å². The second kappa shape index (κ2) is 6.31. The molecule has 2 aromatic rings. The van der Waals surface area contributed by atoms with Gasteiger partial charge in [0.2, 0.25) is 0 Å². The van der Waals surface area contributed by atoms with E-state index in [0.29, 0.717) is 5.56 Å². The first kappa shape index (κ1) is 14.9. The van der Waals surface area contributed by atoms with Gasteiger partial charge in [-0.25, -0.2) is 0 Å². The molecule has 21 heavy (non-hydrogen) atoms. The summed E-state index contributed by atoms with van der Waals surface area (Å²) in [6, 6.07) is 12.6. The third kappa shape index (κ3) is 2.99. The highest BCUT2D eigenvalue weighted by Gasteiger charge is 2.33. The zero-order chi connectivity index (χ0) is 15.4. The Kier molecular flexibility index (Phi) is 4.48. The van der Waals surface area contributed by atoms with Crippen molar-refractivity contribution >= 4 is 28.3 Å². The van der Waals surface area contributed by atoms with E-state index in [2.05, 4.69) is 0 Å². The summed E-state index contributed by atoms with van der Waals surface area (Å²) in [5.74, 6) is -3.21. The Balaban J connectivity index is 2.49. The minimum atomic E-state index is -1.39. The topological polar surface area (TPSA) is 60.4 Å². The highest BCUT2D eigenvalue weighted by atomic mass is 16.5. The SMILES string of the molecule is CCOC(=O)C(C(C)=O)C(=O)c1cccc2ccccc12. The lowest BCUT2D eigenvalue weighted by atomic mass is 9.91. The van der Waals surface area contributed by atoms with E-state index in [1.165, 1.54) is 6.92 Å². The molecule has 0 N–H and O–H groups in total. The molecular weight excluding hydrogens is 268 g/mol. The van der Waals surface area contributed by atoms with Crippen molar-refractivity contribution in [2.24, 2.45) is 5.92 Å². The van der Waals surface area contributed by atoms with Crippen LogP contribution in [0.1, 0.15) is 24.2 Å². The third-order valence-electron chi connectivity index (χ3n) is 3.25. The maximum atomic E-state index is 12.6. The number of ether oxygens (including phenoxy) is 1. The number of fused-ring (bicyclic) bond motifs is 1. The molecule has 0 saturated heterocycles. The van der Waals surface area contributed by atoms with E-state index in [4.69, 9.17) is 4.74 Å². The standard InChI is InChI=1S/C17H16O4/c1-3-21-17(20)15(11(2)18)16(19)14-10-6-8-12-7-4-5-9-13(12)14/h4-10,15H,3H2,1-2H3. The lowest BCUT2D eigenvalue weighted by Gasteiger charge is -2.13. The maximum absolute atomic E-state index is 12.6. The molecule has 0 aliphatic heterocycles. The maximum Gasteiger partial charge on any atom is 0.324 e. The number of carbonyl (C=O) groups is 3. The van der Waals surface area contributed by atoms with Gasteiger partial charge in [-0.2, -0.15) is 0 Å². The third-order valence-corrected chi connectivity index (χ3v) is 3.25. The number of hydrogen-bond acceptors (Lipinski definition) is 4. The molecule has 0 aromatic heterocycles. The second-order valence-electron chi connectivity index (χ2n) is 4.69. The van der Waals surface area contributed by atoms with Gasteiger partial charge >= 0.3 is 5.97 Å². The van der Waals surface area contributed by atoms with Gasteiger partial charge in [-0.3, -0.25) is 14.4 Å². The zero-order valence-electron chi connectivity index (χ0n) is 12.0. The molecule has 1 unspecified atom stereocenters. The molecule has 0 aliphatic carbocycles. The first-order valence-corrected chi connectivity index (χ1v) is 6.75. The molecular formula is C17H16O4. The molecule has 0 amide bonds. The van der Waals surface area contributed by atoms with E-state index in [1.807, 2.05) is 24.3 Å². The highest BCUT2D eigenvalue weighted by molar-refractivity contribution is 6.25. The van der Waals surface area contributed by atoms with Crippen LogP contribution < -0.4 is 0 Å². The van der Waals surface area contributed by atoms with Gasteiger partial charge in [-0.05, 0) is 24.6 Å². The van der Waals surface area contributed by atoms with Crippen molar-refractivity contribution in [2.45, 2.75) is 13.8 Å². The quantitative estimate of drug-likeness (QED) is 0.481. The average molecular weight is 284 g/mol. The van der Waals surface area contributed by atoms with Crippen LogP contribution in [0.15, 0.2) is 42.5 Å². The van der Waals surface area contributed by atoms with Gasteiger partial charge in [0.1, 0.15) is 0 Å². The number of esters is 1. The van der Waals surface area contributed by atoms with Crippen molar-refractivity contribution in [1.29, 1.82) is 0 Å². The Labute approximate surface area is 122 Å². The number of carbonyl (C=O) groups excluding carboxylic acids is 3. The molecule has 1 atom stereocenters. The van der Waals surface area contributed by atoms with Crippen LogP contribution in [0.4, 0.5) is 0 Å². The average Bonchev–Trinajstić information content (AvgIpc) is 2.46. The van der Waals surface area contributed by atoms with Gasteiger partial charge in [0.05, 0.1) is 6.61 Å². The summed E-state index contributed by atoms with van der Waals surface area (Å²) in [6.07, 6.45) is 0.